The van der Waals surface area contributed by atoms with Gasteiger partial charge in [-0.2, -0.15) is 11.3 Å². The van der Waals surface area contributed by atoms with Crippen molar-refractivity contribution in [3.63, 3.8) is 0 Å². The van der Waals surface area contributed by atoms with E-state index in [-0.39, 0.29) is 0 Å². The summed E-state index contributed by atoms with van der Waals surface area (Å²) in [7, 11) is 0. The Labute approximate surface area is 83.5 Å². The Morgan fingerprint density at radius 2 is 2.23 bits per heavy atom. The van der Waals surface area contributed by atoms with E-state index >= 15 is 0 Å². The molecule has 1 aromatic heterocycles. The molecule has 1 aliphatic heterocycles. The van der Waals surface area contributed by atoms with Crippen molar-refractivity contribution in [1.29, 1.82) is 0 Å². The van der Waals surface area contributed by atoms with Crippen LogP contribution in [0.5, 0.6) is 0 Å². The van der Waals surface area contributed by atoms with Gasteiger partial charge in [-0.3, -0.25) is 0 Å². The van der Waals surface area contributed by atoms with Crippen LogP contribution in [0.25, 0.3) is 0 Å². The van der Waals surface area contributed by atoms with Gasteiger partial charge in [0, 0.05) is 0 Å². The van der Waals surface area contributed by atoms with Gasteiger partial charge in [0.05, 0.1) is 0 Å². The van der Waals surface area contributed by atoms with Gasteiger partial charge in [-0.15, -0.1) is 0 Å². The summed E-state index contributed by atoms with van der Waals surface area (Å²) in [6, 6.07) is 2.21. The van der Waals surface area contributed by atoms with Crippen molar-refractivity contribution in [3.05, 3.63) is 34.0 Å². The molecule has 0 aromatic carbocycles. The molecule has 0 bridgehead atoms. The Kier molecular flexibility index (Phi) is 3.16. The van der Waals surface area contributed by atoms with E-state index in [0.29, 0.717) is 0 Å². The van der Waals surface area contributed by atoms with Crippen LogP contribution in [0.3, 0.4) is 0 Å². The zero-order chi connectivity index (χ0) is 8.93. The molecule has 70 valence electrons. The van der Waals surface area contributed by atoms with Crippen molar-refractivity contribution in [2.75, 3.05) is 13.1 Å². The standard InChI is InChI=1S/C11H15NS/c1(2-11-5-8-13-9-11)10-3-6-12-7-4-10/h1,5,8-9,12H,2-4,6-7H2. The highest BCUT2D eigenvalue weighted by Crippen LogP contribution is 2.13. The van der Waals surface area contributed by atoms with Crippen LogP contribution in [-0.4, -0.2) is 13.1 Å². The van der Waals surface area contributed by atoms with Crippen molar-refractivity contribution in [3.8, 4) is 0 Å². The second kappa shape index (κ2) is 4.58. The van der Waals surface area contributed by atoms with Gasteiger partial charge in [0.1, 0.15) is 0 Å². The van der Waals surface area contributed by atoms with Crippen LogP contribution in [0.1, 0.15) is 18.4 Å². The molecule has 1 fully saturated rings. The third-order valence-corrected chi connectivity index (χ3v) is 3.18. The minimum atomic E-state index is 1.12. The van der Waals surface area contributed by atoms with E-state index in [1.165, 1.54) is 18.4 Å². The Bertz CT molecular complexity index is 266. The summed E-state index contributed by atoms with van der Waals surface area (Å²) < 4.78 is 0. The largest absolute Gasteiger partial charge is 0.316 e. The summed E-state index contributed by atoms with van der Waals surface area (Å²) in [6.07, 6.45) is 6.01. The lowest BCUT2D eigenvalue weighted by atomic mass is 10.0. The molecule has 0 spiro atoms. The van der Waals surface area contributed by atoms with E-state index in [1.54, 1.807) is 16.9 Å². The molecule has 0 atom stereocenters. The van der Waals surface area contributed by atoms with Crippen molar-refractivity contribution in [2.45, 2.75) is 19.3 Å². The summed E-state index contributed by atoms with van der Waals surface area (Å²) in [6.45, 7) is 2.32. The van der Waals surface area contributed by atoms with Gasteiger partial charge in [-0.1, -0.05) is 11.6 Å². The summed E-state index contributed by atoms with van der Waals surface area (Å²) in [5.74, 6) is 0. The smallest absolute Gasteiger partial charge is 0.00115 e. The Morgan fingerprint density at radius 1 is 1.38 bits per heavy atom. The topological polar surface area (TPSA) is 12.0 Å². The van der Waals surface area contributed by atoms with E-state index < -0.39 is 0 Å². The van der Waals surface area contributed by atoms with Crippen LogP contribution < -0.4 is 5.32 Å². The highest BCUT2D eigenvalue weighted by molar-refractivity contribution is 7.07. The summed E-state index contributed by atoms with van der Waals surface area (Å²) in [4.78, 5) is 0. The zero-order valence-corrected chi connectivity index (χ0v) is 8.57. The number of thiophene rings is 1. The quantitative estimate of drug-likeness (QED) is 0.712. The van der Waals surface area contributed by atoms with Crippen molar-refractivity contribution in [2.24, 2.45) is 0 Å². The molecule has 1 aliphatic rings. The fourth-order valence-corrected chi connectivity index (χ4v) is 2.30. The van der Waals surface area contributed by atoms with E-state index in [2.05, 4.69) is 28.2 Å². The van der Waals surface area contributed by atoms with Crippen LogP contribution in [0.15, 0.2) is 28.5 Å². The molecule has 2 rings (SSSR count). The van der Waals surface area contributed by atoms with Crippen LogP contribution in [0.2, 0.25) is 0 Å². The molecule has 1 nitrogen and oxygen atoms in total. The van der Waals surface area contributed by atoms with Gasteiger partial charge in [0.15, 0.2) is 0 Å². The molecular weight excluding hydrogens is 178 g/mol. The first-order valence-corrected chi connectivity index (χ1v) is 5.79. The molecule has 0 saturated carbocycles. The molecule has 2 heteroatoms. The SMILES string of the molecule is C(Cc1ccsc1)=C1CCNCC1. The summed E-state index contributed by atoms with van der Waals surface area (Å²) in [5, 5.41) is 7.75. The first kappa shape index (κ1) is 8.97. The number of nitrogens with one attached hydrogen (secondary N) is 1. The van der Waals surface area contributed by atoms with Gasteiger partial charge in [-0.25, -0.2) is 0 Å². The molecule has 0 unspecified atom stereocenters. The average Bonchev–Trinajstić information content (AvgIpc) is 2.69. The lowest BCUT2D eigenvalue weighted by molar-refractivity contribution is 0.608. The van der Waals surface area contributed by atoms with Gasteiger partial charge in [-0.05, 0) is 54.7 Å². The minimum Gasteiger partial charge on any atom is -0.316 e. The molecule has 1 saturated heterocycles. The van der Waals surface area contributed by atoms with E-state index in [1.807, 2.05) is 0 Å². The Morgan fingerprint density at radius 3 is 2.92 bits per heavy atom. The van der Waals surface area contributed by atoms with Gasteiger partial charge < -0.3 is 5.32 Å². The highest BCUT2D eigenvalue weighted by Gasteiger charge is 2.03. The van der Waals surface area contributed by atoms with Crippen molar-refractivity contribution < 1.29 is 0 Å². The maximum absolute atomic E-state index is 3.37. The second-order valence-electron chi connectivity index (χ2n) is 3.45. The van der Waals surface area contributed by atoms with Gasteiger partial charge in [0.25, 0.3) is 0 Å². The van der Waals surface area contributed by atoms with Crippen LogP contribution in [0, 0.1) is 0 Å². The molecule has 1 N–H and O–H groups in total. The van der Waals surface area contributed by atoms with Gasteiger partial charge >= 0.3 is 0 Å². The average molecular weight is 193 g/mol. The normalized spacial score (nSPS) is 17.4. The summed E-state index contributed by atoms with van der Waals surface area (Å²) in [5.41, 5.74) is 3.08. The first-order valence-electron chi connectivity index (χ1n) is 4.85. The minimum absolute atomic E-state index is 1.12. The molecule has 1 aromatic rings. The number of hydrogen-bond donors (Lipinski definition) is 1. The number of rotatable bonds is 2. The fraction of sp³-hybridized carbons (Fsp3) is 0.455. The maximum Gasteiger partial charge on any atom is -0.00115 e. The molecule has 13 heavy (non-hydrogen) atoms. The lowest BCUT2D eigenvalue weighted by Gasteiger charge is -2.14. The Balaban J connectivity index is 1.89. The summed E-state index contributed by atoms with van der Waals surface area (Å²) >= 11 is 1.78. The van der Waals surface area contributed by atoms with Crippen LogP contribution >= 0.6 is 11.3 Å². The predicted octanol–water partition coefficient (Wildman–Crippen LogP) is 2.60. The third-order valence-electron chi connectivity index (χ3n) is 2.45. The number of hydrogen-bond acceptors (Lipinski definition) is 2. The zero-order valence-electron chi connectivity index (χ0n) is 7.75. The first-order chi connectivity index (χ1) is 6.45. The van der Waals surface area contributed by atoms with Crippen molar-refractivity contribution in [1.82, 2.24) is 5.32 Å². The van der Waals surface area contributed by atoms with Crippen molar-refractivity contribution >= 4 is 11.3 Å². The molecule has 2 heterocycles. The third kappa shape index (κ3) is 2.68. The maximum atomic E-state index is 3.37. The number of allylic oxidation sites excluding steroid dienone is 1. The molecule has 0 radical (unpaired) electrons. The molecule has 0 aliphatic carbocycles. The lowest BCUT2D eigenvalue weighted by Crippen LogP contribution is -2.23. The van der Waals surface area contributed by atoms with E-state index in [4.69, 9.17) is 0 Å². The van der Waals surface area contributed by atoms with Gasteiger partial charge in [0.2, 0.25) is 0 Å². The molecule has 0 amide bonds. The highest BCUT2D eigenvalue weighted by atomic mass is 32.1. The molecular formula is C11H15NS. The predicted molar refractivity (Wildman–Crippen MR) is 58.2 cm³/mol. The Hall–Kier alpha value is -0.600. The van der Waals surface area contributed by atoms with Crippen LogP contribution in [0.4, 0.5) is 0 Å². The van der Waals surface area contributed by atoms with Crippen LogP contribution in [-0.2, 0) is 6.42 Å². The second-order valence-corrected chi connectivity index (χ2v) is 4.23. The van der Waals surface area contributed by atoms with E-state index in [0.717, 1.165) is 19.5 Å². The number of piperidine rings is 1. The monoisotopic (exact) mass is 193 g/mol. The fourth-order valence-electron chi connectivity index (χ4n) is 1.62. The van der Waals surface area contributed by atoms with E-state index in [9.17, 15) is 0 Å².